The van der Waals surface area contributed by atoms with Crippen LogP contribution in [0.15, 0.2) is 35.7 Å². The lowest BCUT2D eigenvalue weighted by atomic mass is 10.2. The first kappa shape index (κ1) is 8.00. The summed E-state index contributed by atoms with van der Waals surface area (Å²) in [5, 5.41) is 13.5. The number of rotatable bonds is 3. The minimum Gasteiger partial charge on any atom is -0.472 e. The van der Waals surface area contributed by atoms with Gasteiger partial charge in [-0.15, -0.1) is 0 Å². The second kappa shape index (κ2) is 3.40. The van der Waals surface area contributed by atoms with Crippen LogP contribution in [0.5, 0.6) is 0 Å². The minimum atomic E-state index is -0.597. The minimum absolute atomic E-state index is 0.388. The van der Waals surface area contributed by atoms with Crippen LogP contribution in [0.25, 0.3) is 0 Å². The zero-order valence-electron chi connectivity index (χ0n) is 6.87. The molecule has 0 aliphatic carbocycles. The van der Waals surface area contributed by atoms with Gasteiger partial charge in [0.15, 0.2) is 0 Å². The van der Waals surface area contributed by atoms with Crippen molar-refractivity contribution in [3.05, 3.63) is 36.8 Å². The molecule has 0 aromatic carbocycles. The molecule has 0 spiro atoms. The van der Waals surface area contributed by atoms with Gasteiger partial charge in [-0.2, -0.15) is 5.10 Å². The average Bonchev–Trinajstić information content (AvgIpc) is 2.74. The quantitative estimate of drug-likeness (QED) is 0.749. The van der Waals surface area contributed by atoms with Crippen molar-refractivity contribution in [1.82, 2.24) is 14.8 Å². The third kappa shape index (κ3) is 1.75. The van der Waals surface area contributed by atoms with E-state index in [1.807, 2.05) is 0 Å². The van der Waals surface area contributed by atoms with Crippen molar-refractivity contribution in [3.8, 4) is 0 Å². The molecular formula is C8H9N3O2. The summed E-state index contributed by atoms with van der Waals surface area (Å²) in [4.78, 5) is 3.77. The standard InChI is InChI=1S/C8H9N3O2/c12-8(7-1-2-13-4-7)3-11-6-9-5-10-11/h1-2,4-6,8,12H,3H2. The predicted octanol–water partition coefficient (Wildman–Crippen LogP) is 0.605. The van der Waals surface area contributed by atoms with Crippen LogP contribution in [0.3, 0.4) is 0 Å². The van der Waals surface area contributed by atoms with E-state index < -0.39 is 6.10 Å². The lowest BCUT2D eigenvalue weighted by Crippen LogP contribution is -2.08. The summed E-state index contributed by atoms with van der Waals surface area (Å²) >= 11 is 0. The average molecular weight is 179 g/mol. The van der Waals surface area contributed by atoms with E-state index in [1.165, 1.54) is 18.9 Å². The highest BCUT2D eigenvalue weighted by molar-refractivity contribution is 5.08. The summed E-state index contributed by atoms with van der Waals surface area (Å²) < 4.78 is 6.42. The maximum atomic E-state index is 9.63. The number of hydrogen-bond acceptors (Lipinski definition) is 4. The summed E-state index contributed by atoms with van der Waals surface area (Å²) in [6, 6.07) is 1.72. The van der Waals surface area contributed by atoms with Crippen molar-refractivity contribution in [2.45, 2.75) is 12.6 Å². The first-order chi connectivity index (χ1) is 6.36. The zero-order chi connectivity index (χ0) is 9.10. The molecule has 1 unspecified atom stereocenters. The summed E-state index contributed by atoms with van der Waals surface area (Å²) in [5.41, 5.74) is 0.746. The molecule has 0 saturated carbocycles. The first-order valence-corrected chi connectivity index (χ1v) is 3.89. The van der Waals surface area contributed by atoms with Crippen LogP contribution < -0.4 is 0 Å². The van der Waals surface area contributed by atoms with Crippen molar-refractivity contribution >= 4 is 0 Å². The summed E-state index contributed by atoms with van der Waals surface area (Å²) in [7, 11) is 0. The largest absolute Gasteiger partial charge is 0.472 e. The molecule has 68 valence electrons. The van der Waals surface area contributed by atoms with E-state index in [-0.39, 0.29) is 0 Å². The van der Waals surface area contributed by atoms with E-state index in [4.69, 9.17) is 4.42 Å². The second-order valence-electron chi connectivity index (χ2n) is 2.69. The second-order valence-corrected chi connectivity index (χ2v) is 2.69. The van der Waals surface area contributed by atoms with Crippen LogP contribution in [-0.2, 0) is 6.54 Å². The topological polar surface area (TPSA) is 64.1 Å². The molecule has 2 rings (SSSR count). The molecule has 0 aliphatic rings. The summed E-state index contributed by atoms with van der Waals surface area (Å²) in [5.74, 6) is 0. The molecule has 0 aliphatic heterocycles. The Morgan fingerprint density at radius 2 is 2.54 bits per heavy atom. The molecule has 13 heavy (non-hydrogen) atoms. The van der Waals surface area contributed by atoms with Crippen LogP contribution in [-0.4, -0.2) is 19.9 Å². The van der Waals surface area contributed by atoms with Crippen LogP contribution in [0, 0.1) is 0 Å². The molecule has 0 amide bonds. The monoisotopic (exact) mass is 179 g/mol. The van der Waals surface area contributed by atoms with E-state index >= 15 is 0 Å². The van der Waals surface area contributed by atoms with Crippen LogP contribution in [0.2, 0.25) is 0 Å². The highest BCUT2D eigenvalue weighted by atomic mass is 16.3. The lowest BCUT2D eigenvalue weighted by Gasteiger charge is -2.06. The fourth-order valence-corrected chi connectivity index (χ4v) is 1.07. The molecule has 5 nitrogen and oxygen atoms in total. The van der Waals surface area contributed by atoms with Crippen LogP contribution >= 0.6 is 0 Å². The Labute approximate surface area is 74.6 Å². The fourth-order valence-electron chi connectivity index (χ4n) is 1.07. The summed E-state index contributed by atoms with van der Waals surface area (Å²) in [6.45, 7) is 0.388. The Morgan fingerprint density at radius 3 is 3.15 bits per heavy atom. The van der Waals surface area contributed by atoms with Gasteiger partial charge in [0.25, 0.3) is 0 Å². The Bertz CT molecular complexity index is 341. The van der Waals surface area contributed by atoms with Gasteiger partial charge in [-0.3, -0.25) is 4.68 Å². The zero-order valence-corrected chi connectivity index (χ0v) is 6.87. The highest BCUT2D eigenvalue weighted by Crippen LogP contribution is 2.14. The van der Waals surface area contributed by atoms with Gasteiger partial charge in [-0.25, -0.2) is 4.98 Å². The fraction of sp³-hybridized carbons (Fsp3) is 0.250. The van der Waals surface area contributed by atoms with Gasteiger partial charge in [0.1, 0.15) is 18.8 Å². The van der Waals surface area contributed by atoms with Crippen molar-refractivity contribution in [2.75, 3.05) is 0 Å². The number of aliphatic hydroxyl groups is 1. The molecule has 0 fully saturated rings. The number of nitrogens with zero attached hydrogens (tertiary/aromatic N) is 3. The first-order valence-electron chi connectivity index (χ1n) is 3.89. The van der Waals surface area contributed by atoms with Crippen molar-refractivity contribution in [3.63, 3.8) is 0 Å². The van der Waals surface area contributed by atoms with Crippen LogP contribution in [0.1, 0.15) is 11.7 Å². The van der Waals surface area contributed by atoms with Crippen LogP contribution in [0.4, 0.5) is 0 Å². The number of aromatic nitrogens is 3. The van der Waals surface area contributed by atoms with E-state index in [0.717, 1.165) is 5.56 Å². The van der Waals surface area contributed by atoms with Gasteiger partial charge in [0.2, 0.25) is 0 Å². The molecule has 2 heterocycles. The van der Waals surface area contributed by atoms with E-state index in [1.54, 1.807) is 17.1 Å². The van der Waals surface area contributed by atoms with Gasteiger partial charge < -0.3 is 9.52 Å². The van der Waals surface area contributed by atoms with Crippen molar-refractivity contribution < 1.29 is 9.52 Å². The van der Waals surface area contributed by atoms with E-state index in [0.29, 0.717) is 6.54 Å². The van der Waals surface area contributed by atoms with Gasteiger partial charge in [0.05, 0.1) is 19.1 Å². The Kier molecular flexibility index (Phi) is 2.09. The number of aliphatic hydroxyl groups excluding tert-OH is 1. The third-order valence-electron chi connectivity index (χ3n) is 1.75. The molecule has 5 heteroatoms. The maximum absolute atomic E-state index is 9.63. The van der Waals surface area contributed by atoms with E-state index in [9.17, 15) is 5.11 Å². The SMILES string of the molecule is OC(Cn1cncn1)c1ccoc1. The normalized spacial score (nSPS) is 13.0. The molecule has 2 aromatic heterocycles. The maximum Gasteiger partial charge on any atom is 0.137 e. The van der Waals surface area contributed by atoms with Gasteiger partial charge >= 0.3 is 0 Å². The molecule has 0 radical (unpaired) electrons. The molecule has 1 atom stereocenters. The van der Waals surface area contributed by atoms with Gasteiger partial charge in [-0.05, 0) is 6.07 Å². The molecule has 1 N–H and O–H groups in total. The van der Waals surface area contributed by atoms with Gasteiger partial charge in [-0.1, -0.05) is 0 Å². The van der Waals surface area contributed by atoms with Gasteiger partial charge in [0, 0.05) is 5.56 Å². The molecular weight excluding hydrogens is 170 g/mol. The summed E-state index contributed by atoms with van der Waals surface area (Å²) in [6.07, 6.45) is 5.44. The Morgan fingerprint density at radius 1 is 1.62 bits per heavy atom. The number of hydrogen-bond donors (Lipinski definition) is 1. The highest BCUT2D eigenvalue weighted by Gasteiger charge is 2.09. The Hall–Kier alpha value is -1.62. The lowest BCUT2D eigenvalue weighted by molar-refractivity contribution is 0.150. The van der Waals surface area contributed by atoms with Crippen molar-refractivity contribution in [1.29, 1.82) is 0 Å². The van der Waals surface area contributed by atoms with Crippen molar-refractivity contribution in [2.24, 2.45) is 0 Å². The number of furan rings is 1. The third-order valence-corrected chi connectivity index (χ3v) is 1.75. The predicted molar refractivity (Wildman–Crippen MR) is 43.7 cm³/mol. The smallest absolute Gasteiger partial charge is 0.137 e. The van der Waals surface area contributed by atoms with E-state index in [2.05, 4.69) is 10.1 Å². The molecule has 0 saturated heterocycles. The molecule has 0 bridgehead atoms. The molecule has 2 aromatic rings. The Balaban J connectivity index is 2.04.